The number of nitriles is 1. The van der Waals surface area contributed by atoms with E-state index in [0.29, 0.717) is 5.56 Å². The zero-order valence-electron chi connectivity index (χ0n) is 11.3. The highest BCUT2D eigenvalue weighted by Crippen LogP contribution is 2.44. The molecule has 0 atom stereocenters. The lowest BCUT2D eigenvalue weighted by atomic mass is 10.0. The third-order valence-corrected chi connectivity index (χ3v) is 4.33. The van der Waals surface area contributed by atoms with E-state index in [4.69, 9.17) is 11.5 Å². The van der Waals surface area contributed by atoms with Crippen molar-refractivity contribution < 1.29 is 13.2 Å². The minimum absolute atomic E-state index is 0.0934. The largest absolute Gasteiger partial charge is 0.370 e. The van der Waals surface area contributed by atoms with Gasteiger partial charge in [0.25, 0.3) is 5.91 Å². The monoisotopic (exact) mass is 306 g/mol. The summed E-state index contributed by atoms with van der Waals surface area (Å²) in [4.78, 5) is 15.2. The minimum Gasteiger partial charge on any atom is -0.370 e. The lowest BCUT2D eigenvalue weighted by molar-refractivity contribution is 0.100. The molecular formula is C13H14N4O3S. The van der Waals surface area contributed by atoms with Crippen LogP contribution in [0.3, 0.4) is 0 Å². The highest BCUT2D eigenvalue weighted by Gasteiger charge is 2.32. The van der Waals surface area contributed by atoms with E-state index in [9.17, 15) is 18.5 Å². The smallest absolute Gasteiger partial charge is 0.281 e. The van der Waals surface area contributed by atoms with Gasteiger partial charge in [0.15, 0.2) is 15.8 Å². The Kier molecular flexibility index (Phi) is 3.70. The second-order valence-electron chi connectivity index (χ2n) is 4.91. The van der Waals surface area contributed by atoms with Crippen LogP contribution < -0.4 is 11.5 Å². The van der Waals surface area contributed by atoms with Crippen LogP contribution in [0, 0.1) is 11.3 Å². The van der Waals surface area contributed by atoms with Crippen LogP contribution in [0.15, 0.2) is 22.0 Å². The van der Waals surface area contributed by atoms with Crippen molar-refractivity contribution in [3.63, 3.8) is 0 Å². The van der Waals surface area contributed by atoms with Gasteiger partial charge in [-0.15, -0.1) is 0 Å². The second-order valence-corrected chi connectivity index (χ2v) is 6.86. The number of amides is 1. The van der Waals surface area contributed by atoms with Gasteiger partial charge in [-0.3, -0.25) is 4.79 Å². The van der Waals surface area contributed by atoms with Gasteiger partial charge >= 0.3 is 0 Å². The second kappa shape index (κ2) is 5.18. The fourth-order valence-electron chi connectivity index (χ4n) is 2.18. The van der Waals surface area contributed by atoms with Crippen LogP contribution in [0.25, 0.3) is 0 Å². The van der Waals surface area contributed by atoms with Crippen LogP contribution in [-0.4, -0.2) is 26.5 Å². The Morgan fingerprint density at radius 3 is 2.43 bits per heavy atom. The van der Waals surface area contributed by atoms with Crippen LogP contribution in [-0.2, 0) is 9.84 Å². The molecule has 0 radical (unpaired) electrons. The van der Waals surface area contributed by atoms with Crippen LogP contribution in [0.5, 0.6) is 0 Å². The van der Waals surface area contributed by atoms with Crippen molar-refractivity contribution in [1.29, 1.82) is 5.26 Å². The molecule has 1 fully saturated rings. The minimum atomic E-state index is -3.65. The number of aliphatic imine (C=N–C) groups is 1. The Bertz CT molecular complexity index is 782. The number of hydrogen-bond donors (Lipinski definition) is 2. The van der Waals surface area contributed by atoms with Gasteiger partial charge in [-0.25, -0.2) is 8.42 Å². The molecule has 8 heteroatoms. The predicted octanol–water partition coefficient (Wildman–Crippen LogP) is 0.253. The molecule has 2 rings (SSSR count). The van der Waals surface area contributed by atoms with Crippen molar-refractivity contribution in [2.24, 2.45) is 16.5 Å². The van der Waals surface area contributed by atoms with E-state index in [1.165, 1.54) is 6.07 Å². The van der Waals surface area contributed by atoms with Crippen LogP contribution >= 0.6 is 0 Å². The molecule has 0 bridgehead atoms. The van der Waals surface area contributed by atoms with Crippen molar-refractivity contribution in [3.8, 4) is 6.07 Å². The molecule has 0 heterocycles. The van der Waals surface area contributed by atoms with E-state index < -0.39 is 21.7 Å². The number of carbonyl (C=O) groups excluding carboxylic acids is 1. The molecule has 0 unspecified atom stereocenters. The first-order chi connectivity index (χ1) is 9.75. The molecule has 7 nitrogen and oxygen atoms in total. The number of sulfone groups is 1. The molecule has 1 saturated carbocycles. The van der Waals surface area contributed by atoms with E-state index in [2.05, 4.69) is 4.99 Å². The summed E-state index contributed by atoms with van der Waals surface area (Å²) in [7, 11) is -3.65. The topological polar surface area (TPSA) is 139 Å². The van der Waals surface area contributed by atoms with Crippen LogP contribution in [0.4, 0.5) is 0 Å². The van der Waals surface area contributed by atoms with E-state index in [0.717, 1.165) is 19.1 Å². The molecule has 1 aliphatic rings. The predicted molar refractivity (Wildman–Crippen MR) is 76.4 cm³/mol. The summed E-state index contributed by atoms with van der Waals surface area (Å²) < 4.78 is 24.0. The number of benzene rings is 1. The van der Waals surface area contributed by atoms with Gasteiger partial charge in [-0.1, -0.05) is 6.07 Å². The van der Waals surface area contributed by atoms with Crippen molar-refractivity contribution in [2.45, 2.75) is 23.7 Å². The van der Waals surface area contributed by atoms with Crippen molar-refractivity contribution in [1.82, 2.24) is 0 Å². The molecule has 110 valence electrons. The molecule has 0 saturated heterocycles. The molecule has 1 aromatic rings. The van der Waals surface area contributed by atoms with E-state index in [-0.39, 0.29) is 21.9 Å². The number of hydrogen-bond acceptors (Lipinski definition) is 4. The van der Waals surface area contributed by atoms with Gasteiger partial charge in [0.1, 0.15) is 6.07 Å². The Morgan fingerprint density at radius 1 is 1.38 bits per heavy atom. The average molecular weight is 306 g/mol. The summed E-state index contributed by atoms with van der Waals surface area (Å²) in [5.41, 5.74) is 10.5. The highest BCUT2D eigenvalue weighted by molar-refractivity contribution is 7.90. The van der Waals surface area contributed by atoms with E-state index in [1.807, 2.05) is 0 Å². The third kappa shape index (κ3) is 3.03. The molecule has 21 heavy (non-hydrogen) atoms. The summed E-state index contributed by atoms with van der Waals surface area (Å²) in [6, 6.07) is 4.76. The number of carbonyl (C=O) groups is 1. The maximum absolute atomic E-state index is 12.0. The Balaban J connectivity index is 2.74. The SMILES string of the molecule is CS(=O)(=O)c1c(C2CC2)ccc(C(=O)N=C(N)N)c1C#N. The van der Waals surface area contributed by atoms with Gasteiger partial charge in [0.2, 0.25) is 0 Å². The van der Waals surface area contributed by atoms with Crippen molar-refractivity contribution in [2.75, 3.05) is 6.26 Å². The van der Waals surface area contributed by atoms with Gasteiger partial charge in [0, 0.05) is 6.26 Å². The summed E-state index contributed by atoms with van der Waals surface area (Å²) >= 11 is 0. The van der Waals surface area contributed by atoms with E-state index in [1.54, 1.807) is 12.1 Å². The lowest BCUT2D eigenvalue weighted by Gasteiger charge is -2.11. The van der Waals surface area contributed by atoms with Gasteiger partial charge in [0.05, 0.1) is 16.0 Å². The average Bonchev–Trinajstić information content (AvgIpc) is 3.19. The standard InChI is InChI=1S/C13H14N4O3S/c1-21(19,20)11-8(7-2-3-7)4-5-9(10(11)6-14)12(18)17-13(15)16/h4-5,7H,2-3H2,1H3,(H4,15,16,17,18). The summed E-state index contributed by atoms with van der Waals surface area (Å²) in [5.74, 6) is -1.16. The molecule has 1 aliphatic carbocycles. The highest BCUT2D eigenvalue weighted by atomic mass is 32.2. The first-order valence-corrected chi connectivity index (χ1v) is 8.06. The zero-order chi connectivity index (χ0) is 15.8. The number of rotatable bonds is 3. The first kappa shape index (κ1) is 15.0. The molecule has 0 aliphatic heterocycles. The molecular weight excluding hydrogens is 292 g/mol. The maximum Gasteiger partial charge on any atom is 0.281 e. The van der Waals surface area contributed by atoms with Crippen LogP contribution in [0.1, 0.15) is 40.2 Å². The number of nitrogens with zero attached hydrogens (tertiary/aromatic N) is 2. The van der Waals surface area contributed by atoms with Crippen LogP contribution in [0.2, 0.25) is 0 Å². The van der Waals surface area contributed by atoms with E-state index >= 15 is 0 Å². The Morgan fingerprint density at radius 2 is 2.00 bits per heavy atom. The quantitative estimate of drug-likeness (QED) is 0.606. The molecule has 1 amide bonds. The molecule has 1 aromatic carbocycles. The summed E-state index contributed by atoms with van der Waals surface area (Å²) in [6.45, 7) is 0. The van der Waals surface area contributed by atoms with Gasteiger partial charge in [-0.05, 0) is 30.4 Å². The first-order valence-electron chi connectivity index (χ1n) is 6.16. The lowest BCUT2D eigenvalue weighted by Crippen LogP contribution is -2.24. The Hall–Kier alpha value is -2.40. The van der Waals surface area contributed by atoms with Crippen molar-refractivity contribution in [3.05, 3.63) is 28.8 Å². The maximum atomic E-state index is 12.0. The normalized spacial score (nSPS) is 14.3. The Labute approximate surface area is 122 Å². The summed E-state index contributed by atoms with van der Waals surface area (Å²) in [5, 5.41) is 9.29. The fraction of sp³-hybridized carbons (Fsp3) is 0.308. The van der Waals surface area contributed by atoms with Gasteiger partial charge < -0.3 is 11.5 Å². The van der Waals surface area contributed by atoms with Crippen molar-refractivity contribution >= 4 is 21.7 Å². The fourth-order valence-corrected chi connectivity index (χ4v) is 3.37. The van der Waals surface area contributed by atoms with Gasteiger partial charge in [-0.2, -0.15) is 10.3 Å². The number of nitrogens with two attached hydrogens (primary N) is 2. The zero-order valence-corrected chi connectivity index (χ0v) is 12.1. The molecule has 4 N–H and O–H groups in total. The summed E-state index contributed by atoms with van der Waals surface area (Å²) in [6.07, 6.45) is 2.76. The molecule has 0 aromatic heterocycles. The third-order valence-electron chi connectivity index (χ3n) is 3.15. The molecule has 0 spiro atoms. The number of guanidine groups is 1.